The van der Waals surface area contributed by atoms with E-state index in [0.29, 0.717) is 5.76 Å². The van der Waals surface area contributed by atoms with Crippen LogP contribution in [0, 0.1) is 0 Å². The molecule has 11 heteroatoms. The Morgan fingerprint density at radius 1 is 0.906 bits per heavy atom. The second-order valence-electron chi connectivity index (χ2n) is 7.19. The van der Waals surface area contributed by atoms with Crippen LogP contribution in [0.15, 0.2) is 81.1 Å². The van der Waals surface area contributed by atoms with Crippen LogP contribution < -0.4 is 14.8 Å². The van der Waals surface area contributed by atoms with Gasteiger partial charge in [-0.25, -0.2) is 26.3 Å². The lowest BCUT2D eigenvalue weighted by molar-refractivity contribution is 0.102. The van der Waals surface area contributed by atoms with Gasteiger partial charge >= 0.3 is 0 Å². The van der Waals surface area contributed by atoms with Gasteiger partial charge in [-0.1, -0.05) is 6.07 Å². The molecule has 0 spiro atoms. The van der Waals surface area contributed by atoms with Gasteiger partial charge in [0.15, 0.2) is 0 Å². The molecule has 0 fully saturated rings. The van der Waals surface area contributed by atoms with Crippen molar-refractivity contribution < 1.29 is 26.0 Å². The quantitative estimate of drug-likeness (QED) is 0.434. The van der Waals surface area contributed by atoms with Gasteiger partial charge in [-0.05, 0) is 68.4 Å². The minimum atomic E-state index is -3.83. The Morgan fingerprint density at radius 3 is 2.25 bits per heavy atom. The largest absolute Gasteiger partial charge is 0.468 e. The number of nitrogens with one attached hydrogen (secondary N) is 3. The van der Waals surface area contributed by atoms with Gasteiger partial charge in [-0.3, -0.25) is 4.79 Å². The molecule has 170 valence electrons. The van der Waals surface area contributed by atoms with Gasteiger partial charge < -0.3 is 9.73 Å². The maximum Gasteiger partial charge on any atom is 0.255 e. The summed E-state index contributed by atoms with van der Waals surface area (Å²) in [6.07, 6.45) is 1.45. The number of rotatable bonds is 9. The van der Waals surface area contributed by atoms with Crippen molar-refractivity contribution in [2.45, 2.75) is 36.2 Å². The van der Waals surface area contributed by atoms with Crippen molar-refractivity contribution in [2.24, 2.45) is 0 Å². The first-order chi connectivity index (χ1) is 15.1. The van der Waals surface area contributed by atoms with Crippen LogP contribution in [0.4, 0.5) is 5.69 Å². The summed E-state index contributed by atoms with van der Waals surface area (Å²) < 4.78 is 59.4. The SMILES string of the molecule is CC(C)NS(=O)(=O)c1ccc(C(=O)Nc2cccc(S(=O)(=O)NCc3ccco3)c2)cc1. The highest BCUT2D eigenvalue weighted by molar-refractivity contribution is 7.89. The average Bonchev–Trinajstić information content (AvgIpc) is 3.25. The molecule has 0 aliphatic rings. The van der Waals surface area contributed by atoms with Crippen molar-refractivity contribution in [1.29, 1.82) is 0 Å². The summed E-state index contributed by atoms with van der Waals surface area (Å²) >= 11 is 0. The minimum absolute atomic E-state index is 0.00710. The van der Waals surface area contributed by atoms with Crippen molar-refractivity contribution in [1.82, 2.24) is 9.44 Å². The van der Waals surface area contributed by atoms with E-state index in [2.05, 4.69) is 14.8 Å². The first-order valence-corrected chi connectivity index (χ1v) is 12.6. The number of amides is 1. The number of carbonyl (C=O) groups is 1. The highest BCUT2D eigenvalue weighted by atomic mass is 32.2. The molecule has 0 bridgehead atoms. The number of furan rings is 1. The van der Waals surface area contributed by atoms with Crippen molar-refractivity contribution in [3.63, 3.8) is 0 Å². The zero-order chi connectivity index (χ0) is 23.4. The molecule has 1 aromatic heterocycles. The van der Waals surface area contributed by atoms with E-state index in [1.165, 1.54) is 48.7 Å². The summed E-state index contributed by atoms with van der Waals surface area (Å²) in [7, 11) is -7.49. The molecular weight excluding hydrogens is 454 g/mol. The highest BCUT2D eigenvalue weighted by Crippen LogP contribution is 2.18. The number of benzene rings is 2. The van der Waals surface area contributed by atoms with Crippen LogP contribution in [0.2, 0.25) is 0 Å². The topological polar surface area (TPSA) is 135 Å². The van der Waals surface area contributed by atoms with E-state index in [1.807, 2.05) is 0 Å². The Hall–Kier alpha value is -2.99. The summed E-state index contributed by atoms with van der Waals surface area (Å²) in [6, 6.07) is 14.3. The van der Waals surface area contributed by atoms with Crippen LogP contribution in [-0.4, -0.2) is 28.8 Å². The molecule has 0 radical (unpaired) electrons. The lowest BCUT2D eigenvalue weighted by Crippen LogP contribution is -2.30. The monoisotopic (exact) mass is 477 g/mol. The van der Waals surface area contributed by atoms with Crippen molar-refractivity contribution >= 4 is 31.6 Å². The second kappa shape index (κ2) is 9.65. The summed E-state index contributed by atoms with van der Waals surface area (Å²) in [6.45, 7) is 3.41. The van der Waals surface area contributed by atoms with E-state index in [9.17, 15) is 21.6 Å². The summed E-state index contributed by atoms with van der Waals surface area (Å²) in [5.41, 5.74) is 0.492. The molecule has 0 saturated heterocycles. The molecule has 3 rings (SSSR count). The third kappa shape index (κ3) is 6.04. The number of anilines is 1. The zero-order valence-corrected chi connectivity index (χ0v) is 19.0. The van der Waals surface area contributed by atoms with Gasteiger partial charge in [0.1, 0.15) is 5.76 Å². The fourth-order valence-electron chi connectivity index (χ4n) is 2.77. The molecule has 1 heterocycles. The molecule has 0 atom stereocenters. The van der Waals surface area contributed by atoms with E-state index < -0.39 is 26.0 Å². The molecule has 32 heavy (non-hydrogen) atoms. The third-order valence-corrected chi connectivity index (χ3v) is 7.31. The standard InChI is InChI=1S/C21H23N3O6S2/c1-15(2)24-32(28,29)19-10-8-16(9-11-19)21(25)23-17-5-3-7-20(13-17)31(26,27)22-14-18-6-4-12-30-18/h3-13,15,22,24H,14H2,1-2H3,(H,23,25). The fourth-order valence-corrected chi connectivity index (χ4v) is 5.06. The third-order valence-electron chi connectivity index (χ3n) is 4.24. The number of sulfonamides is 2. The molecule has 3 aromatic rings. The van der Waals surface area contributed by atoms with Crippen LogP contribution >= 0.6 is 0 Å². The van der Waals surface area contributed by atoms with Gasteiger partial charge in [-0.2, -0.15) is 0 Å². The van der Waals surface area contributed by atoms with Crippen LogP contribution in [0.1, 0.15) is 30.0 Å². The minimum Gasteiger partial charge on any atom is -0.468 e. The molecule has 2 aromatic carbocycles. The Balaban J connectivity index is 1.70. The Labute approximate surface area is 186 Å². The van der Waals surface area contributed by atoms with E-state index in [-0.39, 0.29) is 33.6 Å². The Bertz CT molecular complexity index is 1280. The summed E-state index contributed by atoms with van der Waals surface area (Å²) in [4.78, 5) is 12.6. The van der Waals surface area contributed by atoms with E-state index in [1.54, 1.807) is 32.0 Å². The molecule has 0 aliphatic carbocycles. The lowest BCUT2D eigenvalue weighted by Gasteiger charge is -2.11. The number of hydrogen-bond donors (Lipinski definition) is 3. The van der Waals surface area contributed by atoms with Gasteiger partial charge in [0.05, 0.1) is 22.6 Å². The average molecular weight is 478 g/mol. The van der Waals surface area contributed by atoms with Crippen molar-refractivity contribution in [2.75, 3.05) is 5.32 Å². The molecule has 9 nitrogen and oxygen atoms in total. The smallest absolute Gasteiger partial charge is 0.255 e. The second-order valence-corrected chi connectivity index (χ2v) is 10.7. The van der Waals surface area contributed by atoms with E-state index >= 15 is 0 Å². The molecular formula is C21H23N3O6S2. The van der Waals surface area contributed by atoms with Gasteiger partial charge in [0, 0.05) is 17.3 Å². The molecule has 0 aliphatic heterocycles. The maximum atomic E-state index is 12.5. The lowest BCUT2D eigenvalue weighted by atomic mass is 10.2. The highest BCUT2D eigenvalue weighted by Gasteiger charge is 2.18. The maximum absolute atomic E-state index is 12.5. The molecule has 0 unspecified atom stereocenters. The predicted octanol–water partition coefficient (Wildman–Crippen LogP) is 2.70. The first kappa shape index (κ1) is 23.7. The van der Waals surface area contributed by atoms with Gasteiger partial charge in [-0.15, -0.1) is 0 Å². The Kier molecular flexibility index (Phi) is 7.14. The van der Waals surface area contributed by atoms with Gasteiger partial charge in [0.25, 0.3) is 5.91 Å². The normalized spacial score (nSPS) is 12.1. The fraction of sp³-hybridized carbons (Fsp3) is 0.190. The van der Waals surface area contributed by atoms with Crippen LogP contribution in [0.3, 0.4) is 0 Å². The summed E-state index contributed by atoms with van der Waals surface area (Å²) in [5.74, 6) is -0.0454. The molecule has 0 saturated carbocycles. The van der Waals surface area contributed by atoms with Gasteiger partial charge in [0.2, 0.25) is 20.0 Å². The van der Waals surface area contributed by atoms with Crippen molar-refractivity contribution in [3.8, 4) is 0 Å². The van der Waals surface area contributed by atoms with Crippen LogP contribution in [0.25, 0.3) is 0 Å². The Morgan fingerprint density at radius 2 is 1.62 bits per heavy atom. The van der Waals surface area contributed by atoms with Crippen LogP contribution in [-0.2, 0) is 26.6 Å². The van der Waals surface area contributed by atoms with Crippen LogP contribution in [0.5, 0.6) is 0 Å². The number of carbonyl (C=O) groups excluding carboxylic acids is 1. The van der Waals surface area contributed by atoms with Crippen molar-refractivity contribution in [3.05, 3.63) is 78.3 Å². The van der Waals surface area contributed by atoms with E-state index in [0.717, 1.165) is 0 Å². The summed E-state index contributed by atoms with van der Waals surface area (Å²) in [5, 5.41) is 2.62. The first-order valence-electron chi connectivity index (χ1n) is 9.63. The predicted molar refractivity (Wildman–Crippen MR) is 119 cm³/mol. The number of hydrogen-bond acceptors (Lipinski definition) is 6. The molecule has 3 N–H and O–H groups in total. The van der Waals surface area contributed by atoms with E-state index in [4.69, 9.17) is 4.42 Å². The molecule has 1 amide bonds. The zero-order valence-electron chi connectivity index (χ0n) is 17.4.